The lowest BCUT2D eigenvalue weighted by molar-refractivity contribution is 0.0684. The van der Waals surface area contributed by atoms with Crippen molar-refractivity contribution in [3.8, 4) is 0 Å². The van der Waals surface area contributed by atoms with Gasteiger partial charge in [-0.1, -0.05) is 0 Å². The first kappa shape index (κ1) is 19.5. The van der Waals surface area contributed by atoms with Crippen molar-refractivity contribution in [2.45, 2.75) is 44.7 Å². The van der Waals surface area contributed by atoms with Gasteiger partial charge >= 0.3 is 0 Å². The molecule has 3 saturated heterocycles. The molecule has 0 spiro atoms. The van der Waals surface area contributed by atoms with Crippen LogP contribution in [0.2, 0.25) is 0 Å². The number of likely N-dealkylation sites (tertiary alicyclic amines) is 1. The highest BCUT2D eigenvalue weighted by Crippen LogP contribution is 2.25. The quantitative estimate of drug-likeness (QED) is 0.761. The zero-order chi connectivity index (χ0) is 20.3. The maximum atomic E-state index is 12.9. The van der Waals surface area contributed by atoms with Gasteiger partial charge in [0.15, 0.2) is 0 Å². The first-order valence-corrected chi connectivity index (χ1v) is 11.5. The smallest absolute Gasteiger partial charge is 0.255 e. The largest absolute Gasteiger partial charge is 0.354 e. The topological polar surface area (TPSA) is 57.5 Å². The fourth-order valence-corrected chi connectivity index (χ4v) is 5.25. The lowest BCUT2D eigenvalue weighted by atomic mass is 9.93. The highest BCUT2D eigenvalue weighted by molar-refractivity contribution is 5.94. The van der Waals surface area contributed by atoms with E-state index in [4.69, 9.17) is 0 Å². The second-order valence-corrected chi connectivity index (χ2v) is 8.98. The monoisotopic (exact) mass is 408 g/mol. The van der Waals surface area contributed by atoms with Gasteiger partial charge in [0.05, 0.1) is 5.56 Å². The van der Waals surface area contributed by atoms with Gasteiger partial charge in [-0.05, 0) is 62.8 Å². The number of fused-ring (bicyclic) bond motifs is 1. The van der Waals surface area contributed by atoms with Gasteiger partial charge in [0, 0.05) is 63.9 Å². The molecule has 5 heterocycles. The van der Waals surface area contributed by atoms with Gasteiger partial charge in [-0.25, -0.2) is 4.98 Å². The number of hydrogen-bond donors (Lipinski definition) is 0. The molecule has 0 radical (unpaired) electrons. The Morgan fingerprint density at radius 2 is 1.97 bits per heavy atom. The van der Waals surface area contributed by atoms with E-state index in [9.17, 15) is 4.79 Å². The van der Waals surface area contributed by atoms with Crippen LogP contribution in [0, 0.1) is 5.92 Å². The van der Waals surface area contributed by atoms with E-state index in [2.05, 4.69) is 19.9 Å². The number of amides is 1. The van der Waals surface area contributed by atoms with Crippen LogP contribution < -0.4 is 4.90 Å². The van der Waals surface area contributed by atoms with Gasteiger partial charge < -0.3 is 9.80 Å². The minimum absolute atomic E-state index is 0.125. The molecule has 1 atom stereocenters. The lowest BCUT2D eigenvalue weighted by Crippen LogP contribution is -2.50. The van der Waals surface area contributed by atoms with E-state index < -0.39 is 0 Å². The average molecular weight is 409 g/mol. The number of aromatic nitrogens is 3. The summed E-state index contributed by atoms with van der Waals surface area (Å²) in [5.41, 5.74) is 0.716. The maximum absolute atomic E-state index is 12.9. The summed E-state index contributed by atoms with van der Waals surface area (Å²) < 4.78 is 2.00. The van der Waals surface area contributed by atoms with E-state index in [1.54, 1.807) is 6.20 Å². The van der Waals surface area contributed by atoms with Gasteiger partial charge in [-0.15, -0.1) is 0 Å². The number of nitrogens with zero attached hydrogens (tertiary/aromatic N) is 6. The van der Waals surface area contributed by atoms with Crippen LogP contribution in [0.15, 0.2) is 36.8 Å². The predicted octanol–water partition coefficient (Wildman–Crippen LogP) is 2.50. The fourth-order valence-electron chi connectivity index (χ4n) is 5.25. The van der Waals surface area contributed by atoms with Crippen molar-refractivity contribution < 1.29 is 4.79 Å². The first-order valence-electron chi connectivity index (χ1n) is 11.5. The summed E-state index contributed by atoms with van der Waals surface area (Å²) in [6, 6.07) is 6.65. The van der Waals surface area contributed by atoms with Gasteiger partial charge in [-0.2, -0.15) is 5.10 Å². The Hall–Kier alpha value is -2.41. The van der Waals surface area contributed by atoms with Crippen molar-refractivity contribution in [2.24, 2.45) is 5.92 Å². The number of rotatable bonds is 5. The number of hydrogen-bond acceptors (Lipinski definition) is 5. The van der Waals surface area contributed by atoms with Crippen molar-refractivity contribution >= 4 is 11.7 Å². The summed E-state index contributed by atoms with van der Waals surface area (Å²) in [7, 11) is 0. The Morgan fingerprint density at radius 1 is 1.07 bits per heavy atom. The number of aryl methyl sites for hydroxylation is 1. The van der Waals surface area contributed by atoms with Crippen LogP contribution in [-0.2, 0) is 6.54 Å². The van der Waals surface area contributed by atoms with Crippen LogP contribution in [0.3, 0.4) is 0 Å². The molecule has 7 heteroatoms. The van der Waals surface area contributed by atoms with Crippen LogP contribution in [-0.4, -0.2) is 75.8 Å². The van der Waals surface area contributed by atoms with Crippen molar-refractivity contribution in [3.05, 3.63) is 42.4 Å². The molecule has 30 heavy (non-hydrogen) atoms. The molecule has 1 amide bonds. The Balaban J connectivity index is 1.12. The number of carbonyl (C=O) groups excluding carboxylic acids is 1. The predicted molar refractivity (Wildman–Crippen MR) is 117 cm³/mol. The molecule has 0 saturated carbocycles. The van der Waals surface area contributed by atoms with E-state index in [1.807, 2.05) is 40.2 Å². The number of piperazine rings is 1. The summed E-state index contributed by atoms with van der Waals surface area (Å²) in [6.07, 6.45) is 11.5. The summed E-state index contributed by atoms with van der Waals surface area (Å²) in [5.74, 6) is 1.81. The lowest BCUT2D eigenvalue weighted by Gasteiger charge is -2.38. The number of carbonyl (C=O) groups is 1. The Morgan fingerprint density at radius 3 is 2.73 bits per heavy atom. The fraction of sp³-hybridized carbons (Fsp3) is 0.609. The third kappa shape index (κ3) is 4.21. The van der Waals surface area contributed by atoms with Crippen molar-refractivity contribution in [1.82, 2.24) is 24.6 Å². The molecule has 2 aromatic rings. The average Bonchev–Trinajstić information content (AvgIpc) is 3.49. The molecule has 3 fully saturated rings. The van der Waals surface area contributed by atoms with E-state index in [1.165, 1.54) is 19.4 Å². The minimum Gasteiger partial charge on any atom is -0.354 e. The molecular weight excluding hydrogens is 376 g/mol. The van der Waals surface area contributed by atoms with E-state index in [0.717, 1.165) is 64.3 Å². The van der Waals surface area contributed by atoms with Gasteiger partial charge in [0.2, 0.25) is 0 Å². The molecule has 7 nitrogen and oxygen atoms in total. The SMILES string of the molecule is O=C(c1ccc(N2CCN3CCC[C@@H]3C2)nc1)N1CCC(CCn2cccn2)CC1. The van der Waals surface area contributed by atoms with Crippen molar-refractivity contribution in [3.63, 3.8) is 0 Å². The second-order valence-electron chi connectivity index (χ2n) is 8.98. The molecule has 0 N–H and O–H groups in total. The number of piperidine rings is 1. The normalized spacial score (nSPS) is 23.0. The molecule has 0 aliphatic carbocycles. The second kappa shape index (κ2) is 8.76. The molecule has 0 unspecified atom stereocenters. The molecule has 3 aliphatic heterocycles. The van der Waals surface area contributed by atoms with Crippen LogP contribution in [0.25, 0.3) is 0 Å². The molecule has 3 aliphatic rings. The minimum atomic E-state index is 0.125. The number of anilines is 1. The summed E-state index contributed by atoms with van der Waals surface area (Å²) in [5, 5.41) is 4.28. The molecule has 5 rings (SSSR count). The Labute approximate surface area is 178 Å². The zero-order valence-electron chi connectivity index (χ0n) is 17.7. The maximum Gasteiger partial charge on any atom is 0.255 e. The molecular formula is C23H32N6O. The summed E-state index contributed by atoms with van der Waals surface area (Å²) in [4.78, 5) is 24.6. The molecule has 0 bridgehead atoms. The third-order valence-electron chi connectivity index (χ3n) is 7.13. The van der Waals surface area contributed by atoms with Crippen LogP contribution in [0.5, 0.6) is 0 Å². The third-order valence-corrected chi connectivity index (χ3v) is 7.13. The van der Waals surface area contributed by atoms with Crippen molar-refractivity contribution in [1.29, 1.82) is 0 Å². The van der Waals surface area contributed by atoms with Crippen LogP contribution in [0.1, 0.15) is 42.5 Å². The number of pyridine rings is 1. The standard InChI is InChI=1S/C23H32N6O/c30-23(27-12-6-19(7-13-27)8-14-29-11-2-9-25-29)20-4-5-22(24-17-20)28-16-15-26-10-1-3-21(26)18-28/h2,4-5,9,11,17,19,21H,1,3,6-8,10,12-16,18H2/t21-/m1/s1. The van der Waals surface area contributed by atoms with Gasteiger partial charge in [0.1, 0.15) is 5.82 Å². The summed E-state index contributed by atoms with van der Waals surface area (Å²) >= 11 is 0. The Bertz CT molecular complexity index is 828. The van der Waals surface area contributed by atoms with Crippen molar-refractivity contribution in [2.75, 3.05) is 44.2 Å². The highest BCUT2D eigenvalue weighted by atomic mass is 16.2. The molecule has 2 aromatic heterocycles. The zero-order valence-corrected chi connectivity index (χ0v) is 17.7. The summed E-state index contributed by atoms with van der Waals surface area (Å²) in [6.45, 7) is 7.12. The molecule has 160 valence electrons. The van der Waals surface area contributed by atoms with Gasteiger partial charge in [-0.3, -0.25) is 14.4 Å². The van der Waals surface area contributed by atoms with Crippen LogP contribution in [0.4, 0.5) is 5.82 Å². The molecule has 0 aromatic carbocycles. The van der Waals surface area contributed by atoms with E-state index in [-0.39, 0.29) is 5.91 Å². The van der Waals surface area contributed by atoms with E-state index >= 15 is 0 Å². The Kier molecular flexibility index (Phi) is 5.71. The van der Waals surface area contributed by atoms with E-state index in [0.29, 0.717) is 17.5 Å². The highest BCUT2D eigenvalue weighted by Gasteiger charge is 2.31. The van der Waals surface area contributed by atoms with Crippen LogP contribution >= 0.6 is 0 Å². The van der Waals surface area contributed by atoms with Gasteiger partial charge in [0.25, 0.3) is 5.91 Å². The first-order chi connectivity index (χ1) is 14.8.